The number of nitrogens with one attached hydrogen (secondary N) is 1. The van der Waals surface area contributed by atoms with E-state index in [4.69, 9.17) is 28.9 Å². The molecule has 0 saturated heterocycles. The van der Waals surface area contributed by atoms with Gasteiger partial charge in [-0.15, -0.1) is 0 Å². The Labute approximate surface area is 92.0 Å². The Morgan fingerprint density at radius 3 is 1.69 bits per heavy atom. The van der Waals surface area contributed by atoms with Gasteiger partial charge in [0.15, 0.2) is 5.11 Å². The summed E-state index contributed by atoms with van der Waals surface area (Å²) in [4.78, 5) is 0. The summed E-state index contributed by atoms with van der Waals surface area (Å²) < 4.78 is 0. The van der Waals surface area contributed by atoms with Gasteiger partial charge in [0, 0.05) is 0 Å². The van der Waals surface area contributed by atoms with Gasteiger partial charge in [0.25, 0.3) is 0 Å². The molecule has 1 aromatic carbocycles. The molecule has 0 spiro atoms. The van der Waals surface area contributed by atoms with Crippen molar-refractivity contribution in [2.24, 2.45) is 11.6 Å². The van der Waals surface area contributed by atoms with E-state index < -0.39 is 0 Å². The second kappa shape index (κ2) is 6.91. The summed E-state index contributed by atoms with van der Waals surface area (Å²) >= 11 is 15.4. The van der Waals surface area contributed by atoms with Crippen LogP contribution < -0.4 is 17.0 Å². The SMILES string of the molecule is Clc1ccccc1Cl.NNC(N)=S. The lowest BCUT2D eigenvalue weighted by Crippen LogP contribution is -2.34. The number of thiocarbonyl (C=S) groups is 1. The van der Waals surface area contributed by atoms with Crippen molar-refractivity contribution in [1.29, 1.82) is 0 Å². The highest BCUT2D eigenvalue weighted by Gasteiger charge is 1.89. The molecular weight excluding hydrogens is 229 g/mol. The summed E-state index contributed by atoms with van der Waals surface area (Å²) in [7, 11) is 0. The minimum absolute atomic E-state index is 0.116. The largest absolute Gasteiger partial charge is 0.375 e. The molecule has 0 bridgehead atoms. The van der Waals surface area contributed by atoms with Crippen LogP contribution in [0.25, 0.3) is 0 Å². The number of nitrogens with two attached hydrogens (primary N) is 2. The number of benzene rings is 1. The average molecular weight is 238 g/mol. The van der Waals surface area contributed by atoms with Gasteiger partial charge in [-0.1, -0.05) is 35.3 Å². The molecule has 0 aromatic heterocycles. The molecular formula is C7H9Cl2N3S. The number of rotatable bonds is 0. The summed E-state index contributed by atoms with van der Waals surface area (Å²) in [6, 6.07) is 7.19. The Balaban J connectivity index is 0.000000252. The maximum atomic E-state index is 5.58. The van der Waals surface area contributed by atoms with Crippen LogP contribution in [0.1, 0.15) is 0 Å². The third kappa shape index (κ3) is 6.60. The van der Waals surface area contributed by atoms with Crippen molar-refractivity contribution >= 4 is 40.5 Å². The average Bonchev–Trinajstić information content (AvgIpc) is 2.11. The van der Waals surface area contributed by atoms with E-state index >= 15 is 0 Å². The molecule has 0 aliphatic rings. The van der Waals surface area contributed by atoms with Crippen LogP contribution >= 0.6 is 35.4 Å². The molecule has 0 aliphatic heterocycles. The van der Waals surface area contributed by atoms with E-state index in [0.717, 1.165) is 0 Å². The fourth-order valence-electron chi connectivity index (χ4n) is 0.439. The molecule has 0 unspecified atom stereocenters. The van der Waals surface area contributed by atoms with Gasteiger partial charge in [0.2, 0.25) is 0 Å². The van der Waals surface area contributed by atoms with E-state index in [1.165, 1.54) is 0 Å². The van der Waals surface area contributed by atoms with Crippen molar-refractivity contribution < 1.29 is 0 Å². The minimum Gasteiger partial charge on any atom is -0.375 e. The van der Waals surface area contributed by atoms with E-state index in [0.29, 0.717) is 10.0 Å². The first-order chi connectivity index (χ1) is 6.07. The Morgan fingerprint density at radius 1 is 1.23 bits per heavy atom. The van der Waals surface area contributed by atoms with Crippen LogP contribution in [-0.2, 0) is 0 Å². The van der Waals surface area contributed by atoms with Crippen LogP contribution in [0, 0.1) is 0 Å². The molecule has 13 heavy (non-hydrogen) atoms. The Kier molecular flexibility index (Phi) is 6.62. The molecule has 0 amide bonds. The fraction of sp³-hybridized carbons (Fsp3) is 0. The predicted octanol–water partition coefficient (Wildman–Crippen LogP) is 1.69. The normalized spacial score (nSPS) is 8.23. The summed E-state index contributed by atoms with van der Waals surface area (Å²) in [5.74, 6) is 4.66. The summed E-state index contributed by atoms with van der Waals surface area (Å²) in [6.07, 6.45) is 0. The maximum absolute atomic E-state index is 5.58. The highest BCUT2D eigenvalue weighted by molar-refractivity contribution is 7.80. The first-order valence-electron chi connectivity index (χ1n) is 3.24. The van der Waals surface area contributed by atoms with Crippen molar-refractivity contribution in [3.8, 4) is 0 Å². The Bertz CT molecular complexity index is 259. The lowest BCUT2D eigenvalue weighted by Gasteiger charge is -1.88. The molecule has 0 heterocycles. The monoisotopic (exact) mass is 237 g/mol. The van der Waals surface area contributed by atoms with Crippen LogP contribution in [0.2, 0.25) is 10.0 Å². The first-order valence-corrected chi connectivity index (χ1v) is 4.40. The van der Waals surface area contributed by atoms with Crippen LogP contribution in [0.5, 0.6) is 0 Å². The van der Waals surface area contributed by atoms with E-state index in [-0.39, 0.29) is 5.11 Å². The van der Waals surface area contributed by atoms with Crippen molar-refractivity contribution in [1.82, 2.24) is 5.43 Å². The Morgan fingerprint density at radius 2 is 1.54 bits per heavy atom. The lowest BCUT2D eigenvalue weighted by molar-refractivity contribution is 1.03. The van der Waals surface area contributed by atoms with Gasteiger partial charge in [-0.05, 0) is 24.4 Å². The smallest absolute Gasteiger partial charge is 0.177 e. The highest BCUT2D eigenvalue weighted by Crippen LogP contribution is 2.19. The molecule has 6 heteroatoms. The summed E-state index contributed by atoms with van der Waals surface area (Å²) in [5, 5.41) is 1.33. The maximum Gasteiger partial charge on any atom is 0.177 e. The second-order valence-corrected chi connectivity index (χ2v) is 3.18. The molecule has 1 rings (SSSR count). The summed E-state index contributed by atoms with van der Waals surface area (Å²) in [5.41, 5.74) is 6.82. The predicted molar refractivity (Wildman–Crippen MR) is 60.6 cm³/mol. The Hall–Kier alpha value is -0.550. The van der Waals surface area contributed by atoms with E-state index in [2.05, 4.69) is 18.1 Å². The van der Waals surface area contributed by atoms with Crippen LogP contribution in [0.15, 0.2) is 24.3 Å². The van der Waals surface area contributed by atoms with Crippen molar-refractivity contribution in [3.05, 3.63) is 34.3 Å². The zero-order valence-corrected chi connectivity index (χ0v) is 8.96. The number of hydrogen-bond donors (Lipinski definition) is 3. The molecule has 5 N–H and O–H groups in total. The van der Waals surface area contributed by atoms with Crippen molar-refractivity contribution in [2.45, 2.75) is 0 Å². The van der Waals surface area contributed by atoms with Gasteiger partial charge < -0.3 is 11.2 Å². The zero-order chi connectivity index (χ0) is 10.3. The third-order valence-corrected chi connectivity index (χ3v) is 1.84. The molecule has 0 fully saturated rings. The van der Waals surface area contributed by atoms with Gasteiger partial charge in [-0.3, -0.25) is 0 Å². The molecule has 3 nitrogen and oxygen atoms in total. The zero-order valence-electron chi connectivity index (χ0n) is 6.63. The lowest BCUT2D eigenvalue weighted by atomic mass is 10.4. The quantitative estimate of drug-likeness (QED) is 0.365. The summed E-state index contributed by atoms with van der Waals surface area (Å²) in [6.45, 7) is 0. The number of hydrogen-bond acceptors (Lipinski definition) is 2. The molecule has 0 aliphatic carbocycles. The van der Waals surface area contributed by atoms with Crippen molar-refractivity contribution in [3.63, 3.8) is 0 Å². The molecule has 0 atom stereocenters. The van der Waals surface area contributed by atoms with Crippen LogP contribution in [-0.4, -0.2) is 5.11 Å². The van der Waals surface area contributed by atoms with Gasteiger partial charge in [-0.2, -0.15) is 0 Å². The van der Waals surface area contributed by atoms with Gasteiger partial charge in [0.1, 0.15) is 0 Å². The van der Waals surface area contributed by atoms with Gasteiger partial charge >= 0.3 is 0 Å². The molecule has 1 aromatic rings. The fourth-order valence-corrected chi connectivity index (χ4v) is 0.711. The van der Waals surface area contributed by atoms with E-state index in [1.807, 2.05) is 17.6 Å². The molecule has 0 radical (unpaired) electrons. The standard InChI is InChI=1S/C6H4Cl2.CH5N3S/c7-5-3-1-2-4-6(5)8;2-1(5)4-3/h1-4H;3H2,(H3,2,4,5). The highest BCUT2D eigenvalue weighted by atomic mass is 35.5. The van der Waals surface area contributed by atoms with E-state index in [1.54, 1.807) is 12.1 Å². The van der Waals surface area contributed by atoms with E-state index in [9.17, 15) is 0 Å². The minimum atomic E-state index is 0.116. The van der Waals surface area contributed by atoms with Crippen LogP contribution in [0.3, 0.4) is 0 Å². The molecule has 0 saturated carbocycles. The van der Waals surface area contributed by atoms with Gasteiger partial charge in [0.05, 0.1) is 10.0 Å². The number of hydrazine groups is 1. The van der Waals surface area contributed by atoms with Crippen molar-refractivity contribution in [2.75, 3.05) is 0 Å². The number of halogens is 2. The first kappa shape index (κ1) is 12.4. The topological polar surface area (TPSA) is 64.1 Å². The van der Waals surface area contributed by atoms with Gasteiger partial charge in [-0.25, -0.2) is 5.84 Å². The molecule has 72 valence electrons. The van der Waals surface area contributed by atoms with Crippen LogP contribution in [0.4, 0.5) is 0 Å². The second-order valence-electron chi connectivity index (χ2n) is 1.92. The third-order valence-electron chi connectivity index (χ3n) is 0.967.